The average Bonchev–Trinajstić information content (AvgIpc) is 2.40. The molecule has 7 heteroatoms. The summed E-state index contributed by atoms with van der Waals surface area (Å²) in [4.78, 5) is 3.88. The number of rotatable bonds is 5. The van der Waals surface area contributed by atoms with Gasteiger partial charge in [0.25, 0.3) is 0 Å². The molecule has 21 heavy (non-hydrogen) atoms. The smallest absolute Gasteiger partial charge is 0.496 e. The first-order chi connectivity index (χ1) is 9.47. The van der Waals surface area contributed by atoms with E-state index in [-0.39, 0.29) is 63.7 Å². The van der Waals surface area contributed by atoms with Crippen LogP contribution < -0.4 is 61.6 Å². The fourth-order valence-corrected chi connectivity index (χ4v) is 1.88. The molecule has 0 spiro atoms. The largest absolute Gasteiger partial charge is 1.00 e. The molecule has 0 saturated heterocycles. The van der Waals surface area contributed by atoms with Crippen molar-refractivity contribution < 1.29 is 69.1 Å². The van der Waals surface area contributed by atoms with Crippen molar-refractivity contribution >= 4 is 12.4 Å². The maximum absolute atomic E-state index is 13.0. The van der Waals surface area contributed by atoms with Gasteiger partial charge in [-0.15, -0.1) is 0 Å². The van der Waals surface area contributed by atoms with Gasteiger partial charge in [0.15, 0.2) is 0 Å². The third-order valence-electron chi connectivity index (χ3n) is 2.92. The van der Waals surface area contributed by atoms with E-state index in [1.807, 2.05) is 12.1 Å². The van der Waals surface area contributed by atoms with Gasteiger partial charge >= 0.3 is 58.4 Å². The molecule has 1 aromatic heterocycles. The molecule has 0 aliphatic rings. The zero-order valence-electron chi connectivity index (χ0n) is 12.0. The second kappa shape index (κ2) is 8.33. The summed E-state index contributed by atoms with van der Waals surface area (Å²) in [6, 6.07) is 7.75. The Morgan fingerprint density at radius 2 is 1.76 bits per heavy atom. The first-order valence-electron chi connectivity index (χ1n) is 6.29. The summed E-state index contributed by atoms with van der Waals surface area (Å²) in [5.74, 6) is -0.0999. The van der Waals surface area contributed by atoms with E-state index in [0.717, 1.165) is 11.6 Å². The number of hydrogen-bond acceptors (Lipinski definition) is 2. The van der Waals surface area contributed by atoms with Gasteiger partial charge in [0.1, 0.15) is 0 Å². The van der Waals surface area contributed by atoms with Crippen LogP contribution in [-0.2, 0) is 6.42 Å². The number of hydrogen-bond donors (Lipinski definition) is 0. The third kappa shape index (κ3) is 5.75. The van der Waals surface area contributed by atoms with Gasteiger partial charge in [-0.1, -0.05) is 23.2 Å². The molecule has 0 amide bonds. The molecule has 0 radical (unpaired) electrons. The van der Waals surface area contributed by atoms with Gasteiger partial charge in [0, 0.05) is 18.8 Å². The molecule has 0 N–H and O–H groups in total. The van der Waals surface area contributed by atoms with Gasteiger partial charge in [-0.2, -0.15) is 0 Å². The minimum Gasteiger partial charge on any atom is -0.496 e. The summed E-state index contributed by atoms with van der Waals surface area (Å²) >= 11 is 0. The summed E-state index contributed by atoms with van der Waals surface area (Å²) in [7, 11) is 0. The third-order valence-corrected chi connectivity index (χ3v) is 2.92. The van der Waals surface area contributed by atoms with Crippen LogP contribution in [-0.4, -0.2) is 18.6 Å². The molecular weight excluding hydrogens is 305 g/mol. The quantitative estimate of drug-likeness (QED) is 0.728. The van der Waals surface area contributed by atoms with Crippen molar-refractivity contribution in [3.8, 4) is 5.75 Å². The van der Waals surface area contributed by atoms with E-state index in [1.54, 1.807) is 25.4 Å². The molecule has 2 nitrogen and oxygen atoms in total. The Morgan fingerprint density at radius 3 is 2.38 bits per heavy atom. The zero-order chi connectivity index (χ0) is 14.6. The molecular formula is C14H14BF3KNO. The minimum absolute atomic E-state index is 0. The number of pyridine rings is 1. The van der Waals surface area contributed by atoms with Crippen molar-refractivity contribution in [2.45, 2.75) is 13.3 Å². The molecule has 0 aliphatic heterocycles. The summed E-state index contributed by atoms with van der Waals surface area (Å²) in [6.07, 6.45) is 3.83. The Hall–Kier alpha value is -0.339. The van der Waals surface area contributed by atoms with Gasteiger partial charge in [-0.05, 0) is 30.7 Å². The minimum atomic E-state index is -5.07. The topological polar surface area (TPSA) is 22.1 Å². The van der Waals surface area contributed by atoms with E-state index in [2.05, 4.69) is 4.98 Å². The Labute approximate surface area is 164 Å². The van der Waals surface area contributed by atoms with Crippen molar-refractivity contribution in [2.75, 3.05) is 6.61 Å². The Kier molecular flexibility index (Phi) is 7.43. The van der Waals surface area contributed by atoms with Crippen LogP contribution in [0.2, 0.25) is 0 Å². The van der Waals surface area contributed by atoms with Crippen LogP contribution in [0.25, 0.3) is 0 Å². The van der Waals surface area contributed by atoms with Crippen molar-refractivity contribution in [1.29, 1.82) is 0 Å². The van der Waals surface area contributed by atoms with Crippen molar-refractivity contribution in [3.05, 3.63) is 53.9 Å². The first kappa shape index (κ1) is 18.7. The normalized spacial score (nSPS) is 10.9. The van der Waals surface area contributed by atoms with Crippen LogP contribution in [0.15, 0.2) is 42.7 Å². The maximum Gasteiger partial charge on any atom is 1.00 e. The van der Waals surface area contributed by atoms with Crippen molar-refractivity contribution in [3.63, 3.8) is 0 Å². The molecule has 1 aromatic carbocycles. The predicted octanol–water partition coefficient (Wildman–Crippen LogP) is 0.0699. The SMILES string of the molecule is Cc1ccc(OCCc2ccncc2)c([B-](F)(F)F)c1.[K+]. The fraction of sp³-hybridized carbons (Fsp3) is 0.214. The molecule has 0 fully saturated rings. The number of nitrogens with zero attached hydrogens (tertiary/aromatic N) is 1. The molecule has 106 valence electrons. The van der Waals surface area contributed by atoms with Gasteiger partial charge in [0.2, 0.25) is 0 Å². The van der Waals surface area contributed by atoms with E-state index in [4.69, 9.17) is 4.74 Å². The van der Waals surface area contributed by atoms with Crippen molar-refractivity contribution in [2.24, 2.45) is 0 Å². The van der Waals surface area contributed by atoms with E-state index < -0.39 is 12.4 Å². The fourth-order valence-electron chi connectivity index (χ4n) is 1.88. The van der Waals surface area contributed by atoms with Gasteiger partial charge < -0.3 is 17.7 Å². The van der Waals surface area contributed by atoms with E-state index in [1.165, 1.54) is 6.07 Å². The van der Waals surface area contributed by atoms with Crippen LogP contribution in [0.1, 0.15) is 11.1 Å². The van der Waals surface area contributed by atoms with Crippen LogP contribution in [0.5, 0.6) is 5.75 Å². The zero-order valence-corrected chi connectivity index (χ0v) is 15.1. The van der Waals surface area contributed by atoms with E-state index in [0.29, 0.717) is 12.0 Å². The number of aryl methyl sites for hydroxylation is 1. The number of halogens is 3. The second-order valence-electron chi connectivity index (χ2n) is 4.57. The van der Waals surface area contributed by atoms with Crippen LogP contribution >= 0.6 is 0 Å². The van der Waals surface area contributed by atoms with Crippen LogP contribution in [0.3, 0.4) is 0 Å². The van der Waals surface area contributed by atoms with Crippen LogP contribution in [0, 0.1) is 6.92 Å². The molecule has 2 aromatic rings. The summed E-state index contributed by atoms with van der Waals surface area (Å²) in [5.41, 5.74) is 0.881. The molecule has 0 unspecified atom stereocenters. The summed E-state index contributed by atoms with van der Waals surface area (Å²) < 4.78 is 44.2. The van der Waals surface area contributed by atoms with E-state index >= 15 is 0 Å². The Balaban J connectivity index is 0.00000220. The molecule has 0 bridgehead atoms. The molecule has 0 aliphatic carbocycles. The molecule has 0 atom stereocenters. The average molecular weight is 319 g/mol. The molecule has 2 rings (SSSR count). The summed E-state index contributed by atoms with van der Waals surface area (Å²) in [6.45, 7) is -3.23. The van der Waals surface area contributed by atoms with Gasteiger partial charge in [0.05, 0.1) is 12.4 Å². The molecule has 1 heterocycles. The van der Waals surface area contributed by atoms with Gasteiger partial charge in [-0.3, -0.25) is 4.98 Å². The summed E-state index contributed by atoms with van der Waals surface area (Å²) in [5, 5.41) is 0. The number of aromatic nitrogens is 1. The monoisotopic (exact) mass is 319 g/mol. The second-order valence-corrected chi connectivity index (χ2v) is 4.57. The van der Waals surface area contributed by atoms with Gasteiger partial charge in [-0.25, -0.2) is 0 Å². The number of ether oxygens (including phenoxy) is 1. The van der Waals surface area contributed by atoms with Crippen LogP contribution in [0.4, 0.5) is 12.9 Å². The number of benzene rings is 1. The predicted molar refractivity (Wildman–Crippen MR) is 73.3 cm³/mol. The maximum atomic E-state index is 13.0. The Bertz CT molecular complexity index is 578. The first-order valence-corrected chi connectivity index (χ1v) is 6.29. The van der Waals surface area contributed by atoms with Crippen molar-refractivity contribution in [1.82, 2.24) is 4.98 Å². The standard InChI is InChI=1S/C14H14BF3NO.K/c1-11-2-3-14(13(10-11)15(16,17)18)20-9-6-12-4-7-19-8-5-12;/h2-5,7-8,10H,6,9H2,1H3;/q-1;+1. The Morgan fingerprint density at radius 1 is 1.10 bits per heavy atom. The molecule has 0 saturated carbocycles. The van der Waals surface area contributed by atoms with E-state index in [9.17, 15) is 12.9 Å².